The van der Waals surface area contributed by atoms with E-state index >= 15 is 0 Å². The van der Waals surface area contributed by atoms with Crippen molar-refractivity contribution in [2.45, 2.75) is 0 Å². The molecule has 4 rings (SSSR count). The van der Waals surface area contributed by atoms with Gasteiger partial charge in [0.25, 0.3) is 0 Å². The number of nitrogens with one attached hydrogen (secondary N) is 1. The number of rotatable bonds is 3. The maximum absolute atomic E-state index is 12.4. The highest BCUT2D eigenvalue weighted by molar-refractivity contribution is 7.22. The Balaban J connectivity index is 1.38. The van der Waals surface area contributed by atoms with E-state index in [0.29, 0.717) is 18.1 Å². The number of urea groups is 1. The number of carbonyl (C=O) groups excluding carboxylic acids is 1. The molecule has 0 atom stereocenters. The Morgan fingerprint density at radius 3 is 2.59 bits per heavy atom. The van der Waals surface area contributed by atoms with Crippen molar-refractivity contribution in [3.05, 3.63) is 47.5 Å². The average molecular weight is 403 g/mol. The molecule has 0 radical (unpaired) electrons. The molecule has 1 saturated heterocycles. The van der Waals surface area contributed by atoms with E-state index in [9.17, 15) is 4.79 Å². The van der Waals surface area contributed by atoms with Gasteiger partial charge in [-0.05, 0) is 42.5 Å². The maximum atomic E-state index is 12.4. The second-order valence-electron chi connectivity index (χ2n) is 6.24. The van der Waals surface area contributed by atoms with Gasteiger partial charge in [-0.3, -0.25) is 0 Å². The number of halogens is 1. The number of aromatic nitrogens is 1. The summed E-state index contributed by atoms with van der Waals surface area (Å²) in [6.07, 6.45) is 0. The van der Waals surface area contributed by atoms with Gasteiger partial charge in [0.1, 0.15) is 5.75 Å². The van der Waals surface area contributed by atoms with Gasteiger partial charge in [-0.25, -0.2) is 9.78 Å². The van der Waals surface area contributed by atoms with E-state index in [0.717, 1.165) is 39.9 Å². The minimum Gasteiger partial charge on any atom is -0.497 e. The van der Waals surface area contributed by atoms with Crippen LogP contribution in [0.15, 0.2) is 42.5 Å². The van der Waals surface area contributed by atoms with E-state index in [1.807, 2.05) is 23.1 Å². The van der Waals surface area contributed by atoms with Crippen molar-refractivity contribution in [2.24, 2.45) is 0 Å². The van der Waals surface area contributed by atoms with Gasteiger partial charge >= 0.3 is 6.03 Å². The largest absolute Gasteiger partial charge is 0.497 e. The van der Waals surface area contributed by atoms with Crippen molar-refractivity contribution in [1.82, 2.24) is 9.88 Å². The van der Waals surface area contributed by atoms with E-state index in [1.54, 1.807) is 42.7 Å². The lowest BCUT2D eigenvalue weighted by Gasteiger charge is -2.34. The van der Waals surface area contributed by atoms with Gasteiger partial charge in [0.05, 0.1) is 17.3 Å². The summed E-state index contributed by atoms with van der Waals surface area (Å²) in [5.41, 5.74) is 1.71. The van der Waals surface area contributed by atoms with Crippen LogP contribution in [0.5, 0.6) is 5.75 Å². The van der Waals surface area contributed by atoms with Crippen LogP contribution in [0.2, 0.25) is 5.02 Å². The van der Waals surface area contributed by atoms with Crippen LogP contribution in [0.25, 0.3) is 10.2 Å². The van der Waals surface area contributed by atoms with Gasteiger partial charge in [-0.15, -0.1) is 0 Å². The van der Waals surface area contributed by atoms with Gasteiger partial charge in [0.15, 0.2) is 5.13 Å². The number of fused-ring (bicyclic) bond motifs is 1. The van der Waals surface area contributed by atoms with Crippen LogP contribution in [0.1, 0.15) is 0 Å². The predicted octanol–water partition coefficient (Wildman–Crippen LogP) is 4.31. The topological polar surface area (TPSA) is 57.7 Å². The normalized spacial score (nSPS) is 14.4. The highest BCUT2D eigenvalue weighted by atomic mass is 35.5. The minimum atomic E-state index is -0.0917. The number of nitrogens with zero attached hydrogens (tertiary/aromatic N) is 3. The number of ether oxygens (including phenoxy) is 1. The van der Waals surface area contributed by atoms with Gasteiger partial charge in [-0.2, -0.15) is 0 Å². The summed E-state index contributed by atoms with van der Waals surface area (Å²) >= 11 is 7.53. The fourth-order valence-corrected chi connectivity index (χ4v) is 4.16. The number of hydrogen-bond acceptors (Lipinski definition) is 5. The van der Waals surface area contributed by atoms with E-state index in [1.165, 1.54) is 0 Å². The van der Waals surface area contributed by atoms with Crippen molar-refractivity contribution in [1.29, 1.82) is 0 Å². The summed E-state index contributed by atoms with van der Waals surface area (Å²) in [5.74, 6) is 0.835. The Labute approximate surface area is 166 Å². The van der Waals surface area contributed by atoms with E-state index < -0.39 is 0 Å². The second-order valence-corrected chi connectivity index (χ2v) is 7.69. The first-order chi connectivity index (χ1) is 13.1. The van der Waals surface area contributed by atoms with Gasteiger partial charge in [-0.1, -0.05) is 22.9 Å². The number of carbonyl (C=O) groups is 1. The van der Waals surface area contributed by atoms with Crippen LogP contribution in [-0.4, -0.2) is 49.2 Å². The summed E-state index contributed by atoms with van der Waals surface area (Å²) in [5, 5.41) is 4.54. The first-order valence-corrected chi connectivity index (χ1v) is 9.83. The zero-order valence-corrected chi connectivity index (χ0v) is 16.4. The maximum Gasteiger partial charge on any atom is 0.321 e. The molecule has 2 aromatic carbocycles. The summed E-state index contributed by atoms with van der Waals surface area (Å²) in [6, 6.07) is 12.9. The lowest BCUT2D eigenvalue weighted by Crippen LogP contribution is -2.50. The molecule has 140 valence electrons. The van der Waals surface area contributed by atoms with E-state index in [4.69, 9.17) is 21.3 Å². The molecule has 0 unspecified atom stereocenters. The Hall–Kier alpha value is -2.51. The monoisotopic (exact) mass is 402 g/mol. The molecule has 0 bridgehead atoms. The Bertz CT molecular complexity index is 952. The zero-order chi connectivity index (χ0) is 18.8. The molecular weight excluding hydrogens is 384 g/mol. The van der Waals surface area contributed by atoms with Gasteiger partial charge < -0.3 is 19.9 Å². The molecule has 8 heteroatoms. The number of anilines is 2. The fourth-order valence-electron chi connectivity index (χ4n) is 2.99. The molecule has 1 aromatic heterocycles. The Morgan fingerprint density at radius 2 is 1.89 bits per heavy atom. The minimum absolute atomic E-state index is 0.0917. The molecular formula is C19H19ClN4O2S. The van der Waals surface area contributed by atoms with Crippen LogP contribution in [0.4, 0.5) is 15.6 Å². The van der Waals surface area contributed by atoms with Crippen molar-refractivity contribution < 1.29 is 9.53 Å². The second kappa shape index (κ2) is 7.62. The third-order valence-electron chi connectivity index (χ3n) is 4.52. The number of benzene rings is 2. The van der Waals surface area contributed by atoms with Crippen molar-refractivity contribution >= 4 is 50.0 Å². The summed E-state index contributed by atoms with van der Waals surface area (Å²) in [7, 11) is 1.66. The quantitative estimate of drug-likeness (QED) is 0.709. The van der Waals surface area contributed by atoms with Crippen molar-refractivity contribution in [2.75, 3.05) is 43.5 Å². The van der Waals surface area contributed by atoms with Crippen LogP contribution in [0.3, 0.4) is 0 Å². The van der Waals surface area contributed by atoms with Crippen molar-refractivity contribution in [3.8, 4) is 5.75 Å². The number of amides is 2. The Morgan fingerprint density at radius 1 is 1.15 bits per heavy atom. The highest BCUT2D eigenvalue weighted by Crippen LogP contribution is 2.31. The third-order valence-corrected chi connectivity index (χ3v) is 5.85. The predicted molar refractivity (Wildman–Crippen MR) is 110 cm³/mol. The molecule has 2 heterocycles. The first kappa shape index (κ1) is 17.9. The highest BCUT2D eigenvalue weighted by Gasteiger charge is 2.23. The molecule has 1 aliphatic rings. The SMILES string of the molecule is COc1ccc2nc(N3CCN(C(=O)Nc4ccc(Cl)cc4)CC3)sc2c1. The number of hydrogen-bond donors (Lipinski definition) is 1. The molecule has 0 aliphatic carbocycles. The lowest BCUT2D eigenvalue weighted by atomic mass is 10.3. The molecule has 0 spiro atoms. The van der Waals surface area contributed by atoms with E-state index in [2.05, 4.69) is 10.2 Å². The van der Waals surface area contributed by atoms with Gasteiger partial charge in [0.2, 0.25) is 0 Å². The summed E-state index contributed by atoms with van der Waals surface area (Å²) < 4.78 is 6.38. The average Bonchev–Trinajstić information content (AvgIpc) is 3.13. The zero-order valence-electron chi connectivity index (χ0n) is 14.8. The molecule has 3 aromatic rings. The molecule has 1 N–H and O–H groups in total. The van der Waals surface area contributed by atoms with Crippen LogP contribution < -0.4 is 15.0 Å². The van der Waals surface area contributed by atoms with E-state index in [-0.39, 0.29) is 6.03 Å². The molecule has 2 amide bonds. The molecule has 0 saturated carbocycles. The van der Waals surface area contributed by atoms with Gasteiger partial charge in [0, 0.05) is 36.9 Å². The Kier molecular flexibility index (Phi) is 5.05. The fraction of sp³-hybridized carbons (Fsp3) is 0.263. The standard InChI is InChI=1S/C19H19ClN4O2S/c1-26-15-6-7-16-17(12-15)27-19(22-16)24-10-8-23(9-11-24)18(25)21-14-4-2-13(20)3-5-14/h2-7,12H,8-11H2,1H3,(H,21,25). The number of piperazine rings is 1. The number of thiazole rings is 1. The van der Waals surface area contributed by atoms with Crippen LogP contribution >= 0.6 is 22.9 Å². The molecule has 1 aliphatic heterocycles. The summed E-state index contributed by atoms with van der Waals surface area (Å²) in [4.78, 5) is 21.2. The van der Waals surface area contributed by atoms with Crippen molar-refractivity contribution in [3.63, 3.8) is 0 Å². The third kappa shape index (κ3) is 3.94. The lowest BCUT2D eigenvalue weighted by molar-refractivity contribution is 0.208. The smallest absolute Gasteiger partial charge is 0.321 e. The first-order valence-electron chi connectivity index (χ1n) is 8.63. The molecule has 27 heavy (non-hydrogen) atoms. The van der Waals surface area contributed by atoms with Crippen LogP contribution in [-0.2, 0) is 0 Å². The molecule has 1 fully saturated rings. The van der Waals surface area contributed by atoms with Crippen LogP contribution in [0, 0.1) is 0 Å². The molecule has 6 nitrogen and oxygen atoms in total. The summed E-state index contributed by atoms with van der Waals surface area (Å²) in [6.45, 7) is 2.81. The number of methoxy groups -OCH3 is 1.